The van der Waals surface area contributed by atoms with E-state index in [4.69, 9.17) is 5.73 Å². The molecule has 2 unspecified atom stereocenters. The first-order valence-corrected chi connectivity index (χ1v) is 4.72. The smallest absolute Gasteiger partial charge is 0.345 e. The van der Waals surface area contributed by atoms with Crippen molar-refractivity contribution in [3.63, 3.8) is 0 Å². The van der Waals surface area contributed by atoms with Crippen molar-refractivity contribution in [3.05, 3.63) is 0 Å². The molecule has 1 amide bonds. The molecule has 0 aromatic rings. The number of amides is 1. The predicted octanol–water partition coefficient (Wildman–Crippen LogP) is 1.38. The van der Waals surface area contributed by atoms with Gasteiger partial charge in [-0.3, -0.25) is 4.79 Å². The lowest BCUT2D eigenvalue weighted by molar-refractivity contribution is -0.146. The maximum absolute atomic E-state index is 11.9. The highest BCUT2D eigenvalue weighted by Crippen LogP contribution is 2.19. The highest BCUT2D eigenvalue weighted by molar-refractivity contribution is 5.78. The molecule has 15 heavy (non-hydrogen) atoms. The van der Waals surface area contributed by atoms with Crippen molar-refractivity contribution in [1.82, 2.24) is 4.90 Å². The number of rotatable bonds is 4. The molecule has 90 valence electrons. The molecule has 2 N–H and O–H groups in total. The first-order chi connectivity index (χ1) is 6.65. The summed E-state index contributed by atoms with van der Waals surface area (Å²) in [5.41, 5.74) is 5.49. The number of alkyl halides is 3. The number of hydrogen-bond acceptors (Lipinski definition) is 2. The van der Waals surface area contributed by atoms with E-state index in [0.29, 0.717) is 0 Å². The second-order valence-corrected chi connectivity index (χ2v) is 3.77. The fraction of sp³-hybridized carbons (Fsp3) is 0.889. The van der Waals surface area contributed by atoms with Crippen LogP contribution in [0.4, 0.5) is 13.2 Å². The molecule has 0 radical (unpaired) electrons. The molecule has 6 heteroatoms. The molecule has 0 aromatic heterocycles. The maximum Gasteiger partial charge on any atom is 0.390 e. The first kappa shape index (κ1) is 14.2. The summed E-state index contributed by atoms with van der Waals surface area (Å²) in [5, 5.41) is 0. The lowest BCUT2D eigenvalue weighted by Crippen LogP contribution is -2.40. The van der Waals surface area contributed by atoms with Crippen LogP contribution in [0.3, 0.4) is 0 Å². The van der Waals surface area contributed by atoms with Crippen LogP contribution in [-0.4, -0.2) is 36.6 Å². The minimum Gasteiger partial charge on any atom is -0.345 e. The van der Waals surface area contributed by atoms with E-state index in [2.05, 4.69) is 0 Å². The van der Waals surface area contributed by atoms with Gasteiger partial charge in [0, 0.05) is 19.6 Å². The van der Waals surface area contributed by atoms with Crippen LogP contribution in [0.25, 0.3) is 0 Å². The van der Waals surface area contributed by atoms with Crippen LogP contribution in [0.15, 0.2) is 0 Å². The van der Waals surface area contributed by atoms with Crippen molar-refractivity contribution >= 4 is 5.91 Å². The number of nitrogens with zero attached hydrogens (tertiary/aromatic N) is 1. The van der Waals surface area contributed by atoms with E-state index in [-0.39, 0.29) is 18.5 Å². The van der Waals surface area contributed by atoms with Gasteiger partial charge in [-0.25, -0.2) is 0 Å². The molecule has 0 aliphatic rings. The summed E-state index contributed by atoms with van der Waals surface area (Å²) in [6.07, 6.45) is -5.22. The molecule has 0 saturated carbocycles. The molecular weight excluding hydrogens is 209 g/mol. The maximum atomic E-state index is 11.9. The summed E-state index contributed by atoms with van der Waals surface area (Å²) in [4.78, 5) is 12.6. The van der Waals surface area contributed by atoms with Crippen molar-refractivity contribution in [2.45, 2.75) is 32.5 Å². The van der Waals surface area contributed by atoms with E-state index in [1.54, 1.807) is 13.8 Å². The van der Waals surface area contributed by atoms with E-state index >= 15 is 0 Å². The fourth-order valence-electron chi connectivity index (χ4n) is 0.977. The zero-order valence-electron chi connectivity index (χ0n) is 9.14. The monoisotopic (exact) mass is 226 g/mol. The van der Waals surface area contributed by atoms with Gasteiger partial charge in [0.2, 0.25) is 5.91 Å². The third-order valence-electron chi connectivity index (χ3n) is 2.29. The van der Waals surface area contributed by atoms with Gasteiger partial charge in [0.1, 0.15) is 0 Å². The van der Waals surface area contributed by atoms with Gasteiger partial charge in [0.15, 0.2) is 0 Å². The zero-order chi connectivity index (χ0) is 12.2. The van der Waals surface area contributed by atoms with Gasteiger partial charge in [-0.15, -0.1) is 0 Å². The number of hydrogen-bond donors (Lipinski definition) is 1. The van der Waals surface area contributed by atoms with Gasteiger partial charge < -0.3 is 10.6 Å². The van der Waals surface area contributed by atoms with Crippen molar-refractivity contribution in [2.75, 3.05) is 13.6 Å². The average molecular weight is 226 g/mol. The third kappa shape index (κ3) is 5.61. The number of carbonyl (C=O) groups excluding carboxylic acids is 1. The highest BCUT2D eigenvalue weighted by atomic mass is 19.4. The normalized spacial score (nSPS) is 15.9. The van der Waals surface area contributed by atoms with Gasteiger partial charge in [-0.1, -0.05) is 6.92 Å². The highest BCUT2D eigenvalue weighted by Gasteiger charge is 2.29. The molecule has 0 fully saturated rings. The van der Waals surface area contributed by atoms with E-state index in [1.165, 1.54) is 7.05 Å². The van der Waals surface area contributed by atoms with Crippen LogP contribution in [0, 0.1) is 5.92 Å². The average Bonchev–Trinajstić information content (AvgIpc) is 2.10. The molecule has 0 spiro atoms. The molecule has 0 aromatic carbocycles. The van der Waals surface area contributed by atoms with E-state index < -0.39 is 18.5 Å². The molecule has 0 aliphatic carbocycles. The van der Waals surface area contributed by atoms with Crippen molar-refractivity contribution < 1.29 is 18.0 Å². The Balaban J connectivity index is 4.11. The predicted molar refractivity (Wildman–Crippen MR) is 51.1 cm³/mol. The number of nitrogens with two attached hydrogens (primary N) is 1. The lowest BCUT2D eigenvalue weighted by Gasteiger charge is -2.23. The molecule has 0 bridgehead atoms. The second-order valence-electron chi connectivity index (χ2n) is 3.77. The summed E-state index contributed by atoms with van der Waals surface area (Å²) in [6.45, 7) is 2.94. The Hall–Kier alpha value is -0.780. The minimum atomic E-state index is -4.23. The summed E-state index contributed by atoms with van der Waals surface area (Å²) in [5.74, 6) is -0.808. The quantitative estimate of drug-likeness (QED) is 0.787. The summed E-state index contributed by atoms with van der Waals surface area (Å²) in [6, 6.07) is -0.356. The van der Waals surface area contributed by atoms with Gasteiger partial charge in [0.25, 0.3) is 0 Å². The van der Waals surface area contributed by atoms with E-state index in [1.807, 2.05) is 0 Å². The van der Waals surface area contributed by atoms with Crippen molar-refractivity contribution in [1.29, 1.82) is 0 Å². The van der Waals surface area contributed by atoms with Gasteiger partial charge in [-0.2, -0.15) is 13.2 Å². The summed E-state index contributed by atoms with van der Waals surface area (Å²) >= 11 is 0. The minimum absolute atomic E-state index is 0.320. The van der Waals surface area contributed by atoms with Crippen LogP contribution >= 0.6 is 0 Å². The molecule has 2 atom stereocenters. The molecular formula is C9H17F3N2O. The Morgan fingerprint density at radius 2 is 1.87 bits per heavy atom. The van der Waals surface area contributed by atoms with Crippen molar-refractivity contribution in [2.24, 2.45) is 11.7 Å². The fourth-order valence-corrected chi connectivity index (χ4v) is 0.977. The Kier molecular flexibility index (Phi) is 5.07. The van der Waals surface area contributed by atoms with Crippen LogP contribution in [-0.2, 0) is 4.79 Å². The van der Waals surface area contributed by atoms with Gasteiger partial charge in [0.05, 0.1) is 12.3 Å². The Bertz CT molecular complexity index is 216. The molecule has 0 heterocycles. The van der Waals surface area contributed by atoms with E-state index in [9.17, 15) is 18.0 Å². The zero-order valence-corrected chi connectivity index (χ0v) is 9.14. The standard InChI is InChI=1S/C9H17F3N2O/c1-6(7(2)13)8(15)14(3)5-4-9(10,11)12/h6-7H,4-5,13H2,1-3H3. The Labute approximate surface area is 87.4 Å². The van der Waals surface area contributed by atoms with Crippen LogP contribution in [0.5, 0.6) is 0 Å². The first-order valence-electron chi connectivity index (χ1n) is 4.72. The topological polar surface area (TPSA) is 46.3 Å². The SMILES string of the molecule is CC(N)C(C)C(=O)N(C)CCC(F)(F)F. The van der Waals surface area contributed by atoms with Gasteiger partial charge >= 0.3 is 6.18 Å². The van der Waals surface area contributed by atoms with Crippen molar-refractivity contribution in [3.8, 4) is 0 Å². The Morgan fingerprint density at radius 1 is 1.40 bits per heavy atom. The lowest BCUT2D eigenvalue weighted by atomic mass is 10.0. The van der Waals surface area contributed by atoms with E-state index in [0.717, 1.165) is 4.90 Å². The molecule has 0 rings (SSSR count). The largest absolute Gasteiger partial charge is 0.390 e. The molecule has 3 nitrogen and oxygen atoms in total. The molecule has 0 saturated heterocycles. The molecule has 0 aliphatic heterocycles. The number of carbonyl (C=O) groups is 1. The van der Waals surface area contributed by atoms with Gasteiger partial charge in [-0.05, 0) is 6.92 Å². The summed E-state index contributed by atoms with van der Waals surface area (Å²) in [7, 11) is 1.35. The second kappa shape index (κ2) is 5.34. The Morgan fingerprint density at radius 3 is 2.20 bits per heavy atom. The van der Waals surface area contributed by atoms with Crippen LogP contribution < -0.4 is 5.73 Å². The van der Waals surface area contributed by atoms with Crippen LogP contribution in [0.2, 0.25) is 0 Å². The van der Waals surface area contributed by atoms with Crippen LogP contribution in [0.1, 0.15) is 20.3 Å². The third-order valence-corrected chi connectivity index (χ3v) is 2.29. The summed E-state index contributed by atoms with van der Waals surface area (Å²) < 4.78 is 35.6. The number of halogens is 3.